The van der Waals surface area contributed by atoms with Crippen molar-refractivity contribution in [3.05, 3.63) is 34.3 Å². The highest BCUT2D eigenvalue weighted by atomic mass is 16.5. The molecular formula is C19H21N3O4. The van der Waals surface area contributed by atoms with Gasteiger partial charge in [0.15, 0.2) is 11.6 Å². The molecule has 26 heavy (non-hydrogen) atoms. The highest BCUT2D eigenvalue weighted by Crippen LogP contribution is 2.46. The summed E-state index contributed by atoms with van der Waals surface area (Å²) in [5.41, 5.74) is 3.82. The second-order valence-electron chi connectivity index (χ2n) is 6.72. The number of hydrogen-bond acceptors (Lipinski definition) is 7. The summed E-state index contributed by atoms with van der Waals surface area (Å²) in [4.78, 5) is 34.0. The van der Waals surface area contributed by atoms with Gasteiger partial charge in [-0.2, -0.15) is 4.98 Å². The first kappa shape index (κ1) is 16.8. The van der Waals surface area contributed by atoms with E-state index in [4.69, 9.17) is 9.47 Å². The molecule has 1 aliphatic heterocycles. The van der Waals surface area contributed by atoms with E-state index in [1.165, 1.54) is 14.2 Å². The van der Waals surface area contributed by atoms with E-state index < -0.39 is 5.92 Å². The van der Waals surface area contributed by atoms with Gasteiger partial charge in [0.05, 0.1) is 20.1 Å². The number of carbonyl (C=O) groups excluding carboxylic acids is 2. The Morgan fingerprint density at radius 3 is 2.12 bits per heavy atom. The van der Waals surface area contributed by atoms with Gasteiger partial charge in [-0.15, -0.1) is 0 Å². The molecule has 0 saturated heterocycles. The van der Waals surface area contributed by atoms with Gasteiger partial charge in [-0.05, 0) is 25.7 Å². The van der Waals surface area contributed by atoms with E-state index in [9.17, 15) is 9.59 Å². The van der Waals surface area contributed by atoms with Crippen molar-refractivity contribution in [3.63, 3.8) is 0 Å². The number of nitrogens with one attached hydrogen (secondary N) is 1. The van der Waals surface area contributed by atoms with Crippen LogP contribution in [-0.2, 0) is 9.59 Å². The number of aromatic nitrogens is 2. The summed E-state index contributed by atoms with van der Waals surface area (Å²) in [5.74, 6) is 0.0139. The molecule has 0 amide bonds. The second-order valence-corrected chi connectivity index (χ2v) is 6.72. The van der Waals surface area contributed by atoms with Crippen molar-refractivity contribution < 1.29 is 19.1 Å². The molecule has 136 valence electrons. The van der Waals surface area contributed by atoms with Crippen molar-refractivity contribution in [2.24, 2.45) is 0 Å². The van der Waals surface area contributed by atoms with Gasteiger partial charge in [0.1, 0.15) is 0 Å². The lowest BCUT2D eigenvalue weighted by atomic mass is 9.72. The normalized spacial score (nSPS) is 20.5. The van der Waals surface area contributed by atoms with Gasteiger partial charge in [0.2, 0.25) is 5.88 Å². The van der Waals surface area contributed by atoms with Crippen LogP contribution < -0.4 is 14.8 Å². The quantitative estimate of drug-likeness (QED) is 0.889. The van der Waals surface area contributed by atoms with Crippen LogP contribution >= 0.6 is 0 Å². The van der Waals surface area contributed by atoms with Crippen LogP contribution in [0, 0.1) is 0 Å². The summed E-state index contributed by atoms with van der Waals surface area (Å²) in [6.45, 7) is 0. The summed E-state index contributed by atoms with van der Waals surface area (Å²) in [6.07, 6.45) is 5.86. The number of carbonyl (C=O) groups is 2. The topological polar surface area (TPSA) is 90.4 Å². The predicted octanol–water partition coefficient (Wildman–Crippen LogP) is 2.19. The van der Waals surface area contributed by atoms with E-state index in [0.29, 0.717) is 35.4 Å². The van der Waals surface area contributed by atoms with Crippen LogP contribution in [0.2, 0.25) is 0 Å². The number of Topliss-reactive ketones (excluding diaryl/α,β-unsaturated/α-hetero) is 2. The zero-order valence-corrected chi connectivity index (χ0v) is 14.9. The minimum atomic E-state index is -0.470. The van der Waals surface area contributed by atoms with E-state index in [-0.39, 0.29) is 17.6 Å². The lowest BCUT2D eigenvalue weighted by Gasteiger charge is -2.37. The first-order valence-corrected chi connectivity index (χ1v) is 8.88. The summed E-state index contributed by atoms with van der Waals surface area (Å²) < 4.78 is 10.5. The largest absolute Gasteiger partial charge is 0.481 e. The van der Waals surface area contributed by atoms with Crippen molar-refractivity contribution in [2.45, 2.75) is 44.4 Å². The van der Waals surface area contributed by atoms with Crippen molar-refractivity contribution >= 4 is 11.6 Å². The van der Waals surface area contributed by atoms with Crippen molar-refractivity contribution in [3.8, 4) is 11.9 Å². The van der Waals surface area contributed by atoms with Crippen LogP contribution in [0.25, 0.3) is 0 Å². The minimum absolute atomic E-state index is 0.0755. The Balaban J connectivity index is 1.93. The van der Waals surface area contributed by atoms with Crippen molar-refractivity contribution in [1.82, 2.24) is 15.3 Å². The molecule has 1 aromatic rings. The van der Waals surface area contributed by atoms with Crippen LogP contribution in [0.5, 0.6) is 11.9 Å². The molecule has 3 aliphatic rings. The van der Waals surface area contributed by atoms with Gasteiger partial charge >= 0.3 is 6.01 Å². The maximum Gasteiger partial charge on any atom is 0.319 e. The number of rotatable bonds is 3. The fraction of sp³-hybridized carbons (Fsp3) is 0.474. The van der Waals surface area contributed by atoms with Gasteiger partial charge in [0.25, 0.3) is 0 Å². The third-order valence-electron chi connectivity index (χ3n) is 5.24. The highest BCUT2D eigenvalue weighted by Gasteiger charge is 2.41. The Hall–Kier alpha value is -2.70. The molecule has 0 aromatic carbocycles. The maximum absolute atomic E-state index is 12.8. The van der Waals surface area contributed by atoms with Crippen LogP contribution in [0.15, 0.2) is 28.7 Å². The molecule has 0 unspecified atom stereocenters. The highest BCUT2D eigenvalue weighted by molar-refractivity contribution is 6.06. The Kier molecular flexibility index (Phi) is 4.22. The first-order chi connectivity index (χ1) is 12.6. The van der Waals surface area contributed by atoms with Crippen LogP contribution in [-0.4, -0.2) is 35.8 Å². The molecule has 2 heterocycles. The van der Waals surface area contributed by atoms with Gasteiger partial charge in [-0.3, -0.25) is 9.59 Å². The number of dihydropyridines is 1. The Morgan fingerprint density at radius 1 is 0.962 bits per heavy atom. The van der Waals surface area contributed by atoms with E-state index in [1.54, 1.807) is 6.20 Å². The smallest absolute Gasteiger partial charge is 0.319 e. The molecule has 0 fully saturated rings. The van der Waals surface area contributed by atoms with Crippen molar-refractivity contribution in [2.75, 3.05) is 14.2 Å². The number of ketones is 2. The molecule has 0 saturated carbocycles. The van der Waals surface area contributed by atoms with E-state index in [1.807, 2.05) is 0 Å². The fourth-order valence-electron chi connectivity index (χ4n) is 4.11. The molecule has 4 rings (SSSR count). The first-order valence-electron chi connectivity index (χ1n) is 8.88. The number of allylic oxidation sites excluding steroid dienone is 4. The average Bonchev–Trinajstić information content (AvgIpc) is 2.66. The van der Waals surface area contributed by atoms with Gasteiger partial charge < -0.3 is 14.8 Å². The molecule has 0 atom stereocenters. The van der Waals surface area contributed by atoms with Crippen LogP contribution in [0.3, 0.4) is 0 Å². The lowest BCUT2D eigenvalue weighted by Crippen LogP contribution is -2.36. The molecule has 1 N–H and O–H groups in total. The number of methoxy groups -OCH3 is 2. The zero-order chi connectivity index (χ0) is 18.3. The molecule has 7 heteroatoms. The fourth-order valence-corrected chi connectivity index (χ4v) is 4.11. The molecule has 7 nitrogen and oxygen atoms in total. The summed E-state index contributed by atoms with van der Waals surface area (Å²) >= 11 is 0. The number of nitrogens with zero attached hydrogens (tertiary/aromatic N) is 2. The summed E-state index contributed by atoms with van der Waals surface area (Å²) in [6, 6.07) is 0.188. The number of ether oxygens (including phenoxy) is 2. The third kappa shape index (κ3) is 2.58. The van der Waals surface area contributed by atoms with E-state index in [0.717, 1.165) is 37.1 Å². The minimum Gasteiger partial charge on any atom is -0.481 e. The lowest BCUT2D eigenvalue weighted by molar-refractivity contribution is -0.116. The molecule has 0 radical (unpaired) electrons. The second kappa shape index (κ2) is 6.55. The van der Waals surface area contributed by atoms with Crippen LogP contribution in [0.1, 0.15) is 50.0 Å². The standard InChI is InChI=1S/C19H21N3O4/c1-25-18-10(9-20-19(22-18)26-2)15-16-11(5-3-7-13(16)23)21-12-6-4-8-14(24)17(12)15/h9,15,21H,3-8H2,1-2H3. The van der Waals surface area contributed by atoms with Gasteiger partial charge in [-0.25, -0.2) is 4.98 Å². The average molecular weight is 355 g/mol. The van der Waals surface area contributed by atoms with Crippen LogP contribution in [0.4, 0.5) is 0 Å². The predicted molar refractivity (Wildman–Crippen MR) is 92.8 cm³/mol. The van der Waals surface area contributed by atoms with E-state index in [2.05, 4.69) is 15.3 Å². The van der Waals surface area contributed by atoms with Gasteiger partial charge in [-0.1, -0.05) is 0 Å². The maximum atomic E-state index is 12.8. The Labute approximate surface area is 151 Å². The Morgan fingerprint density at radius 2 is 1.58 bits per heavy atom. The summed E-state index contributed by atoms with van der Waals surface area (Å²) in [7, 11) is 3.00. The molecule has 0 spiro atoms. The zero-order valence-electron chi connectivity index (χ0n) is 14.9. The molecule has 0 bridgehead atoms. The molecule has 1 aromatic heterocycles. The Bertz CT molecular complexity index is 814. The van der Waals surface area contributed by atoms with Crippen molar-refractivity contribution in [1.29, 1.82) is 0 Å². The summed E-state index contributed by atoms with van der Waals surface area (Å²) in [5, 5.41) is 3.39. The SMILES string of the molecule is COc1ncc(C2C3=C(CCCC3=O)NC3=C2C(=O)CCC3)c(OC)n1. The molecule has 2 aliphatic carbocycles. The van der Waals surface area contributed by atoms with E-state index >= 15 is 0 Å². The molecular weight excluding hydrogens is 334 g/mol. The third-order valence-corrected chi connectivity index (χ3v) is 5.24. The van der Waals surface area contributed by atoms with Gasteiger partial charge in [0, 0.05) is 47.1 Å². The number of hydrogen-bond donors (Lipinski definition) is 1. The monoisotopic (exact) mass is 355 g/mol.